The fourth-order valence-electron chi connectivity index (χ4n) is 4.10. The molecule has 180 valence electrons. The third-order valence-corrected chi connectivity index (χ3v) is 6.21. The Labute approximate surface area is 206 Å². The van der Waals surface area contributed by atoms with Gasteiger partial charge < -0.3 is 15.0 Å². The summed E-state index contributed by atoms with van der Waals surface area (Å²) in [7, 11) is 0. The normalized spacial score (nSPS) is 14.3. The number of fused-ring (bicyclic) bond motifs is 1. The Morgan fingerprint density at radius 3 is 2.71 bits per heavy atom. The van der Waals surface area contributed by atoms with Crippen molar-refractivity contribution in [1.29, 1.82) is 0 Å². The van der Waals surface area contributed by atoms with Crippen molar-refractivity contribution in [2.24, 2.45) is 0 Å². The Bertz CT molecular complexity index is 1090. The van der Waals surface area contributed by atoms with E-state index in [0.29, 0.717) is 31.1 Å². The summed E-state index contributed by atoms with van der Waals surface area (Å²) in [5.74, 6) is 1.64. The van der Waals surface area contributed by atoms with Crippen LogP contribution in [0.5, 0.6) is 0 Å². The van der Waals surface area contributed by atoms with Crippen molar-refractivity contribution in [3.05, 3.63) is 64.9 Å². The van der Waals surface area contributed by atoms with Crippen LogP contribution in [0.3, 0.4) is 0 Å². The molecule has 7 nitrogen and oxygen atoms in total. The van der Waals surface area contributed by atoms with E-state index in [0.717, 1.165) is 67.4 Å². The maximum atomic E-state index is 12.7. The van der Waals surface area contributed by atoms with Crippen LogP contribution in [0.2, 0.25) is 5.02 Å². The van der Waals surface area contributed by atoms with Gasteiger partial charge in [0.05, 0.1) is 18.7 Å². The number of anilines is 1. The molecule has 0 aliphatic carbocycles. The molecule has 34 heavy (non-hydrogen) atoms. The van der Waals surface area contributed by atoms with Gasteiger partial charge >= 0.3 is 0 Å². The number of halogens is 1. The van der Waals surface area contributed by atoms with Crippen LogP contribution in [0.25, 0.3) is 10.9 Å². The highest BCUT2D eigenvalue weighted by atomic mass is 35.5. The summed E-state index contributed by atoms with van der Waals surface area (Å²) in [6.07, 6.45) is 1.10. The van der Waals surface area contributed by atoms with Crippen molar-refractivity contribution in [2.75, 3.05) is 50.8 Å². The number of ether oxygens (including phenoxy) is 1. The first-order chi connectivity index (χ1) is 16.6. The molecule has 1 amide bonds. The van der Waals surface area contributed by atoms with Crippen molar-refractivity contribution in [3.63, 3.8) is 0 Å². The number of amides is 1. The molecule has 1 aliphatic rings. The maximum absolute atomic E-state index is 12.7. The standard InChI is InChI=1S/C26H32ClN5O2/c1-2-24-29-23-18-21(27)8-9-22(23)26(30-24)32(19-20-6-4-3-5-7-20)12-10-25(33)28-11-13-31-14-16-34-17-15-31/h3-9,18H,2,10-17,19H2,1H3,(H,28,33). The lowest BCUT2D eigenvalue weighted by Gasteiger charge is -2.27. The first-order valence-electron chi connectivity index (χ1n) is 11.9. The van der Waals surface area contributed by atoms with Gasteiger partial charge in [0.15, 0.2) is 0 Å². The van der Waals surface area contributed by atoms with Crippen LogP contribution in [-0.4, -0.2) is 66.7 Å². The highest BCUT2D eigenvalue weighted by Gasteiger charge is 2.17. The van der Waals surface area contributed by atoms with Crippen molar-refractivity contribution in [1.82, 2.24) is 20.2 Å². The molecule has 2 heterocycles. The van der Waals surface area contributed by atoms with Gasteiger partial charge in [0.25, 0.3) is 0 Å². The maximum Gasteiger partial charge on any atom is 0.221 e. The van der Waals surface area contributed by atoms with E-state index in [1.165, 1.54) is 0 Å². The zero-order chi connectivity index (χ0) is 23.8. The van der Waals surface area contributed by atoms with Crippen molar-refractivity contribution >= 4 is 34.2 Å². The van der Waals surface area contributed by atoms with E-state index in [1.54, 1.807) is 0 Å². The molecule has 4 rings (SSSR count). The Balaban J connectivity index is 1.49. The quantitative estimate of drug-likeness (QED) is 0.476. The number of aryl methyl sites for hydroxylation is 1. The molecule has 1 fully saturated rings. The molecule has 0 unspecified atom stereocenters. The lowest BCUT2D eigenvalue weighted by Crippen LogP contribution is -2.41. The number of rotatable bonds is 10. The topological polar surface area (TPSA) is 70.6 Å². The van der Waals surface area contributed by atoms with E-state index in [2.05, 4.69) is 32.2 Å². The smallest absolute Gasteiger partial charge is 0.221 e. The van der Waals surface area contributed by atoms with Crippen LogP contribution in [0.4, 0.5) is 5.82 Å². The summed E-state index contributed by atoms with van der Waals surface area (Å²) in [6.45, 7) is 8.11. The monoisotopic (exact) mass is 481 g/mol. The van der Waals surface area contributed by atoms with Crippen molar-refractivity contribution < 1.29 is 9.53 Å². The van der Waals surface area contributed by atoms with Crippen molar-refractivity contribution in [3.8, 4) is 0 Å². The molecule has 8 heteroatoms. The highest BCUT2D eigenvalue weighted by molar-refractivity contribution is 6.31. The summed E-state index contributed by atoms with van der Waals surface area (Å²) < 4.78 is 5.38. The molecular formula is C26H32ClN5O2. The molecule has 0 spiro atoms. The number of benzene rings is 2. The number of hydrogen-bond acceptors (Lipinski definition) is 6. The summed E-state index contributed by atoms with van der Waals surface area (Å²) >= 11 is 6.25. The lowest BCUT2D eigenvalue weighted by atomic mass is 10.1. The van der Waals surface area contributed by atoms with Gasteiger partial charge in [-0.05, 0) is 23.8 Å². The van der Waals surface area contributed by atoms with E-state index >= 15 is 0 Å². The van der Waals surface area contributed by atoms with Crippen LogP contribution in [0.1, 0.15) is 24.7 Å². The van der Waals surface area contributed by atoms with Gasteiger partial charge in [-0.2, -0.15) is 0 Å². The first kappa shape index (κ1) is 24.4. The largest absolute Gasteiger partial charge is 0.379 e. The Morgan fingerprint density at radius 2 is 1.94 bits per heavy atom. The summed E-state index contributed by atoms with van der Waals surface area (Å²) in [4.78, 5) is 26.7. The second-order valence-electron chi connectivity index (χ2n) is 8.44. The van der Waals surface area contributed by atoms with E-state index < -0.39 is 0 Å². The predicted octanol–water partition coefficient (Wildman–Crippen LogP) is 3.69. The van der Waals surface area contributed by atoms with Crippen LogP contribution < -0.4 is 10.2 Å². The zero-order valence-electron chi connectivity index (χ0n) is 19.7. The molecule has 1 saturated heterocycles. The molecule has 1 N–H and O–H groups in total. The van der Waals surface area contributed by atoms with Gasteiger partial charge in [-0.15, -0.1) is 0 Å². The average molecular weight is 482 g/mol. The minimum Gasteiger partial charge on any atom is -0.379 e. The lowest BCUT2D eigenvalue weighted by molar-refractivity contribution is -0.121. The Kier molecular flexibility index (Phi) is 8.68. The SMILES string of the molecule is CCc1nc(N(CCC(=O)NCCN2CCOCC2)Cc2ccccc2)c2ccc(Cl)cc2n1. The number of carbonyl (C=O) groups excluding carboxylic acids is 1. The molecule has 0 bridgehead atoms. The molecular weight excluding hydrogens is 450 g/mol. The molecule has 1 aliphatic heterocycles. The van der Waals surface area contributed by atoms with E-state index in [1.807, 2.05) is 43.3 Å². The minimum atomic E-state index is 0.0449. The highest BCUT2D eigenvalue weighted by Crippen LogP contribution is 2.28. The van der Waals surface area contributed by atoms with Gasteiger partial charge in [-0.1, -0.05) is 48.9 Å². The number of morpholine rings is 1. The van der Waals surface area contributed by atoms with Gasteiger partial charge in [0, 0.05) is 62.5 Å². The molecule has 0 saturated carbocycles. The number of aromatic nitrogens is 2. The van der Waals surface area contributed by atoms with E-state index in [9.17, 15) is 4.79 Å². The minimum absolute atomic E-state index is 0.0449. The number of carbonyl (C=O) groups is 1. The third-order valence-electron chi connectivity index (χ3n) is 5.98. The summed E-state index contributed by atoms with van der Waals surface area (Å²) in [6, 6.07) is 16.0. The molecule has 0 radical (unpaired) electrons. The molecule has 0 atom stereocenters. The van der Waals surface area contributed by atoms with Crippen LogP contribution in [-0.2, 0) is 22.5 Å². The van der Waals surface area contributed by atoms with Crippen molar-refractivity contribution in [2.45, 2.75) is 26.3 Å². The fourth-order valence-corrected chi connectivity index (χ4v) is 4.27. The fraction of sp³-hybridized carbons (Fsp3) is 0.423. The number of hydrogen-bond donors (Lipinski definition) is 1. The van der Waals surface area contributed by atoms with E-state index in [-0.39, 0.29) is 5.91 Å². The zero-order valence-corrected chi connectivity index (χ0v) is 20.4. The van der Waals surface area contributed by atoms with Gasteiger partial charge in [-0.25, -0.2) is 9.97 Å². The summed E-state index contributed by atoms with van der Waals surface area (Å²) in [5, 5.41) is 4.65. The van der Waals surface area contributed by atoms with E-state index in [4.69, 9.17) is 21.3 Å². The second-order valence-corrected chi connectivity index (χ2v) is 8.88. The molecule has 3 aromatic rings. The molecule has 2 aromatic carbocycles. The van der Waals surface area contributed by atoms with Gasteiger partial charge in [0.2, 0.25) is 5.91 Å². The first-order valence-corrected chi connectivity index (χ1v) is 12.3. The predicted molar refractivity (Wildman–Crippen MR) is 136 cm³/mol. The van der Waals surface area contributed by atoms with Crippen LogP contribution >= 0.6 is 11.6 Å². The number of nitrogens with one attached hydrogen (secondary N) is 1. The average Bonchev–Trinajstić information content (AvgIpc) is 2.87. The third kappa shape index (κ3) is 6.65. The second kappa shape index (κ2) is 12.1. The van der Waals surface area contributed by atoms with Gasteiger partial charge in [-0.3, -0.25) is 9.69 Å². The summed E-state index contributed by atoms with van der Waals surface area (Å²) in [5.41, 5.74) is 1.98. The Morgan fingerprint density at radius 1 is 1.15 bits per heavy atom. The van der Waals surface area contributed by atoms with Gasteiger partial charge in [0.1, 0.15) is 11.6 Å². The van der Waals surface area contributed by atoms with Crippen LogP contribution in [0.15, 0.2) is 48.5 Å². The molecule has 1 aromatic heterocycles. The van der Waals surface area contributed by atoms with Crippen LogP contribution in [0, 0.1) is 0 Å². The Hall–Kier alpha value is -2.74. The number of nitrogens with zero attached hydrogens (tertiary/aromatic N) is 4.